The van der Waals surface area contributed by atoms with Gasteiger partial charge in [-0.2, -0.15) is 0 Å². The highest BCUT2D eigenvalue weighted by atomic mass is 32.1. The predicted molar refractivity (Wildman–Crippen MR) is 176 cm³/mol. The average Bonchev–Trinajstić information content (AvgIpc) is 3.65. The van der Waals surface area contributed by atoms with Crippen molar-refractivity contribution in [1.29, 1.82) is 0 Å². The number of nitrogens with one attached hydrogen (secondary N) is 1. The highest BCUT2D eigenvalue weighted by Crippen LogP contribution is 2.29. The number of benzene rings is 1. The largest absolute Gasteiger partial charge is 0.341 e. The number of thiophene rings is 1. The standard InChI is InChI=1S/C34H50N6O2S/c1-6-26(7-2)40-31-11-10-25(22-29(31)35-32(40)23-28-9-8-20-43-28)33(41)36-30(21-24(3)4)34(42)39-14-12-27(13-15-39)38-18-16-37(5)17-19-38/h8-11,20,22,24,26-27,30H,6-7,12-19,21,23H2,1-5H3,(H,36,41)/t30-/m0/s1. The van der Waals surface area contributed by atoms with Gasteiger partial charge in [0.1, 0.15) is 11.9 Å². The average molecular weight is 607 g/mol. The molecule has 2 amide bonds. The minimum atomic E-state index is -0.528. The monoisotopic (exact) mass is 606 g/mol. The van der Waals surface area contributed by atoms with Gasteiger partial charge >= 0.3 is 0 Å². The van der Waals surface area contributed by atoms with Crippen LogP contribution < -0.4 is 5.32 Å². The molecule has 0 unspecified atom stereocenters. The number of hydrogen-bond acceptors (Lipinski definition) is 6. The van der Waals surface area contributed by atoms with Gasteiger partial charge in [-0.1, -0.05) is 33.8 Å². The molecular weight excluding hydrogens is 556 g/mol. The number of aromatic nitrogens is 2. The molecule has 234 valence electrons. The molecule has 9 heteroatoms. The Morgan fingerprint density at radius 1 is 1.02 bits per heavy atom. The predicted octanol–water partition coefficient (Wildman–Crippen LogP) is 5.43. The van der Waals surface area contributed by atoms with Gasteiger partial charge in [-0.3, -0.25) is 14.5 Å². The lowest BCUT2D eigenvalue weighted by Crippen LogP contribution is -2.55. The first-order valence-corrected chi connectivity index (χ1v) is 17.2. The summed E-state index contributed by atoms with van der Waals surface area (Å²) >= 11 is 1.75. The van der Waals surface area contributed by atoms with Crippen molar-refractivity contribution in [3.05, 3.63) is 52.0 Å². The van der Waals surface area contributed by atoms with Crippen LogP contribution in [-0.2, 0) is 11.2 Å². The van der Waals surface area contributed by atoms with Crippen molar-refractivity contribution in [2.75, 3.05) is 46.3 Å². The number of likely N-dealkylation sites (tertiary alicyclic amines) is 1. The van der Waals surface area contributed by atoms with Gasteiger partial charge in [-0.15, -0.1) is 11.3 Å². The number of likely N-dealkylation sites (N-methyl/N-ethyl adjacent to an activating group) is 1. The number of hydrogen-bond donors (Lipinski definition) is 1. The van der Waals surface area contributed by atoms with Crippen LogP contribution in [-0.4, -0.2) is 94.5 Å². The van der Waals surface area contributed by atoms with E-state index in [1.54, 1.807) is 11.3 Å². The van der Waals surface area contributed by atoms with Crippen molar-refractivity contribution >= 4 is 34.2 Å². The van der Waals surface area contributed by atoms with E-state index >= 15 is 0 Å². The summed E-state index contributed by atoms with van der Waals surface area (Å²) in [6, 6.07) is 10.4. The Bertz CT molecular complexity index is 1350. The van der Waals surface area contributed by atoms with E-state index in [1.807, 2.05) is 23.1 Å². The molecule has 1 atom stereocenters. The van der Waals surface area contributed by atoms with Crippen molar-refractivity contribution in [2.45, 2.75) is 84.3 Å². The second kappa shape index (κ2) is 14.4. The first kappa shape index (κ1) is 31.7. The molecule has 5 rings (SSSR count). The fourth-order valence-corrected chi connectivity index (χ4v) is 7.54. The van der Waals surface area contributed by atoms with Crippen LogP contribution in [0, 0.1) is 5.92 Å². The number of piperidine rings is 1. The third kappa shape index (κ3) is 7.49. The zero-order valence-corrected chi connectivity index (χ0v) is 27.5. The van der Waals surface area contributed by atoms with E-state index in [9.17, 15) is 9.59 Å². The van der Waals surface area contributed by atoms with Crippen LogP contribution in [0.3, 0.4) is 0 Å². The molecule has 3 aromatic rings. The maximum absolute atomic E-state index is 13.8. The number of rotatable bonds is 11. The van der Waals surface area contributed by atoms with Gasteiger partial charge in [0.2, 0.25) is 5.91 Å². The van der Waals surface area contributed by atoms with Gasteiger partial charge in [-0.25, -0.2) is 4.98 Å². The zero-order chi connectivity index (χ0) is 30.5. The molecule has 2 aromatic heterocycles. The lowest BCUT2D eigenvalue weighted by atomic mass is 9.98. The van der Waals surface area contributed by atoms with E-state index in [0.717, 1.165) is 88.2 Å². The normalized spacial score (nSPS) is 18.2. The number of carbonyl (C=O) groups is 2. The Balaban J connectivity index is 1.29. The summed E-state index contributed by atoms with van der Waals surface area (Å²) in [5.41, 5.74) is 2.46. The van der Waals surface area contributed by atoms with E-state index in [-0.39, 0.29) is 17.7 Å². The molecule has 1 N–H and O–H groups in total. The Morgan fingerprint density at radius 2 is 1.74 bits per heavy atom. The van der Waals surface area contributed by atoms with Gasteiger partial charge in [-0.05, 0) is 74.7 Å². The lowest BCUT2D eigenvalue weighted by molar-refractivity contribution is -0.135. The van der Waals surface area contributed by atoms with E-state index < -0.39 is 6.04 Å². The Morgan fingerprint density at radius 3 is 2.37 bits per heavy atom. The summed E-state index contributed by atoms with van der Waals surface area (Å²) in [4.78, 5) is 40.7. The molecule has 2 fully saturated rings. The van der Waals surface area contributed by atoms with E-state index in [1.165, 1.54) is 4.88 Å². The SMILES string of the molecule is CCC(CC)n1c(Cc2cccs2)nc2cc(C(=O)N[C@@H](CC(C)C)C(=O)N3CCC(N4CCN(C)CC4)CC3)ccc21. The van der Waals surface area contributed by atoms with Crippen LogP contribution in [0.1, 0.15) is 86.9 Å². The van der Waals surface area contributed by atoms with Crippen LogP contribution in [0.25, 0.3) is 11.0 Å². The topological polar surface area (TPSA) is 73.7 Å². The maximum atomic E-state index is 13.8. The minimum Gasteiger partial charge on any atom is -0.341 e. The minimum absolute atomic E-state index is 0.0520. The number of nitrogens with zero attached hydrogens (tertiary/aromatic N) is 5. The molecular formula is C34H50N6O2S. The van der Waals surface area contributed by atoms with Gasteiger partial charge in [0, 0.05) is 68.2 Å². The number of amides is 2. The summed E-state index contributed by atoms with van der Waals surface area (Å²) in [5.74, 6) is 1.17. The smallest absolute Gasteiger partial charge is 0.252 e. The van der Waals surface area contributed by atoms with Crippen LogP contribution in [0.5, 0.6) is 0 Å². The fraction of sp³-hybridized carbons (Fsp3) is 0.618. The maximum Gasteiger partial charge on any atom is 0.252 e. The first-order valence-electron chi connectivity index (χ1n) is 16.3. The zero-order valence-electron chi connectivity index (χ0n) is 26.7. The Hall–Kier alpha value is -2.75. The quantitative estimate of drug-likeness (QED) is 0.315. The van der Waals surface area contributed by atoms with Gasteiger partial charge in [0.05, 0.1) is 11.0 Å². The summed E-state index contributed by atoms with van der Waals surface area (Å²) in [5, 5.41) is 5.23. The molecule has 2 aliphatic heterocycles. The molecule has 8 nitrogen and oxygen atoms in total. The highest BCUT2D eigenvalue weighted by molar-refractivity contribution is 7.09. The van der Waals surface area contributed by atoms with Crippen molar-refractivity contribution < 1.29 is 9.59 Å². The molecule has 1 aromatic carbocycles. The summed E-state index contributed by atoms with van der Waals surface area (Å²) in [7, 11) is 2.18. The molecule has 0 radical (unpaired) electrons. The van der Waals surface area contributed by atoms with Crippen LogP contribution >= 0.6 is 11.3 Å². The first-order chi connectivity index (χ1) is 20.8. The van der Waals surface area contributed by atoms with E-state index in [4.69, 9.17) is 4.98 Å². The van der Waals surface area contributed by atoms with Gasteiger partial charge in [0.15, 0.2) is 0 Å². The molecule has 0 spiro atoms. The Kier molecular flexibility index (Phi) is 10.6. The van der Waals surface area contributed by atoms with Crippen LogP contribution in [0.4, 0.5) is 0 Å². The summed E-state index contributed by atoms with van der Waals surface area (Å²) in [6.07, 6.45) is 5.45. The van der Waals surface area contributed by atoms with Crippen molar-refractivity contribution in [3.63, 3.8) is 0 Å². The molecule has 0 bridgehead atoms. The van der Waals surface area contributed by atoms with Crippen molar-refractivity contribution in [2.24, 2.45) is 5.92 Å². The molecule has 0 aliphatic carbocycles. The highest BCUT2D eigenvalue weighted by Gasteiger charge is 2.32. The molecule has 2 aliphatic rings. The van der Waals surface area contributed by atoms with E-state index in [2.05, 4.69) is 71.9 Å². The second-order valence-electron chi connectivity index (χ2n) is 12.9. The fourth-order valence-electron chi connectivity index (χ4n) is 6.84. The summed E-state index contributed by atoms with van der Waals surface area (Å²) < 4.78 is 2.37. The molecule has 4 heterocycles. The molecule has 43 heavy (non-hydrogen) atoms. The number of piperazine rings is 1. The second-order valence-corrected chi connectivity index (χ2v) is 13.9. The van der Waals surface area contributed by atoms with Gasteiger partial charge in [0.25, 0.3) is 5.91 Å². The third-order valence-corrected chi connectivity index (χ3v) is 10.3. The third-order valence-electron chi connectivity index (χ3n) is 9.39. The summed E-state index contributed by atoms with van der Waals surface area (Å²) in [6.45, 7) is 14.6. The Labute approximate surface area is 261 Å². The van der Waals surface area contributed by atoms with Crippen LogP contribution in [0.2, 0.25) is 0 Å². The van der Waals surface area contributed by atoms with Crippen LogP contribution in [0.15, 0.2) is 35.7 Å². The molecule has 2 saturated heterocycles. The number of fused-ring (bicyclic) bond motifs is 1. The van der Waals surface area contributed by atoms with Crippen molar-refractivity contribution in [1.82, 2.24) is 29.6 Å². The van der Waals surface area contributed by atoms with Gasteiger partial charge < -0.3 is 19.7 Å². The molecule has 0 saturated carbocycles. The van der Waals surface area contributed by atoms with E-state index in [0.29, 0.717) is 24.1 Å². The lowest BCUT2D eigenvalue weighted by Gasteiger charge is -2.42. The van der Waals surface area contributed by atoms with Crippen molar-refractivity contribution in [3.8, 4) is 0 Å². The number of imidazole rings is 1. The number of carbonyl (C=O) groups excluding carboxylic acids is 2.